The summed E-state index contributed by atoms with van der Waals surface area (Å²) in [6, 6.07) is 0. The number of carbonyl (C=O) groups is 2. The average Bonchev–Trinajstić information content (AvgIpc) is 3.01. The van der Waals surface area contributed by atoms with Gasteiger partial charge in [0.25, 0.3) is 0 Å². The smallest absolute Gasteiger partial charge is 0.242 e. The molecule has 0 atom stereocenters. The minimum atomic E-state index is 0.0917. The number of rotatable bonds is 4. The minimum Gasteiger partial charge on any atom is -0.341 e. The number of nitrogens with two attached hydrogens (primary N) is 1. The van der Waals surface area contributed by atoms with Crippen LogP contribution in [0, 0.1) is 11.8 Å². The molecule has 1 aliphatic heterocycles. The summed E-state index contributed by atoms with van der Waals surface area (Å²) >= 11 is 0. The molecular formula is C15H27N3O2. The first-order valence-electron chi connectivity index (χ1n) is 7.84. The van der Waals surface area contributed by atoms with Crippen molar-refractivity contribution in [2.24, 2.45) is 17.6 Å². The van der Waals surface area contributed by atoms with Gasteiger partial charge in [0.15, 0.2) is 0 Å². The number of hydrogen-bond acceptors (Lipinski definition) is 3. The van der Waals surface area contributed by atoms with E-state index < -0.39 is 0 Å². The summed E-state index contributed by atoms with van der Waals surface area (Å²) in [4.78, 5) is 27.9. The first kappa shape index (κ1) is 15.3. The SMILES string of the molecule is CN(CC(=O)N1CCCC1)C(=O)C1CCC(CN)CC1. The fourth-order valence-corrected chi connectivity index (χ4v) is 3.30. The third kappa shape index (κ3) is 3.72. The van der Waals surface area contributed by atoms with Gasteiger partial charge in [-0.05, 0) is 51.0 Å². The molecule has 2 amide bonds. The van der Waals surface area contributed by atoms with Crippen LogP contribution in [0.3, 0.4) is 0 Å². The lowest BCUT2D eigenvalue weighted by Gasteiger charge is -2.30. The summed E-state index contributed by atoms with van der Waals surface area (Å²) in [6.45, 7) is 2.66. The number of carbonyl (C=O) groups excluding carboxylic acids is 2. The summed E-state index contributed by atoms with van der Waals surface area (Å²) in [7, 11) is 1.76. The Bertz CT molecular complexity index is 345. The van der Waals surface area contributed by atoms with Gasteiger partial charge in [-0.25, -0.2) is 0 Å². The van der Waals surface area contributed by atoms with Gasteiger partial charge in [0.05, 0.1) is 6.54 Å². The molecule has 2 N–H and O–H groups in total. The van der Waals surface area contributed by atoms with Gasteiger partial charge in [-0.1, -0.05) is 0 Å². The van der Waals surface area contributed by atoms with Gasteiger partial charge in [-0.2, -0.15) is 0 Å². The molecule has 0 aromatic heterocycles. The second-order valence-electron chi connectivity index (χ2n) is 6.24. The summed E-state index contributed by atoms with van der Waals surface area (Å²) in [5.74, 6) is 0.895. The number of likely N-dealkylation sites (N-methyl/N-ethyl adjacent to an activating group) is 1. The topological polar surface area (TPSA) is 66.6 Å². The number of likely N-dealkylation sites (tertiary alicyclic amines) is 1. The van der Waals surface area contributed by atoms with E-state index in [2.05, 4.69) is 0 Å². The highest BCUT2D eigenvalue weighted by atomic mass is 16.2. The van der Waals surface area contributed by atoms with Gasteiger partial charge in [0.1, 0.15) is 0 Å². The van der Waals surface area contributed by atoms with E-state index in [1.54, 1.807) is 11.9 Å². The largest absolute Gasteiger partial charge is 0.341 e. The van der Waals surface area contributed by atoms with Crippen LogP contribution in [-0.2, 0) is 9.59 Å². The fraction of sp³-hybridized carbons (Fsp3) is 0.867. The molecule has 1 saturated heterocycles. The highest BCUT2D eigenvalue weighted by Crippen LogP contribution is 2.29. The predicted octanol–water partition coefficient (Wildman–Crippen LogP) is 0.832. The van der Waals surface area contributed by atoms with Gasteiger partial charge < -0.3 is 15.5 Å². The summed E-state index contributed by atoms with van der Waals surface area (Å²) < 4.78 is 0. The van der Waals surface area contributed by atoms with Crippen LogP contribution < -0.4 is 5.73 Å². The minimum absolute atomic E-state index is 0.0917. The van der Waals surface area contributed by atoms with E-state index in [1.807, 2.05) is 4.90 Å². The van der Waals surface area contributed by atoms with Crippen LogP contribution >= 0.6 is 0 Å². The highest BCUT2D eigenvalue weighted by molar-refractivity contribution is 5.85. The van der Waals surface area contributed by atoms with E-state index in [1.165, 1.54) is 0 Å². The van der Waals surface area contributed by atoms with Crippen LogP contribution in [0.2, 0.25) is 0 Å². The Kier molecular flexibility index (Phi) is 5.40. The fourth-order valence-electron chi connectivity index (χ4n) is 3.30. The van der Waals surface area contributed by atoms with Crippen LogP contribution in [0.25, 0.3) is 0 Å². The summed E-state index contributed by atoms with van der Waals surface area (Å²) in [5.41, 5.74) is 5.67. The Labute approximate surface area is 121 Å². The van der Waals surface area contributed by atoms with Crippen LogP contribution in [-0.4, -0.2) is 54.8 Å². The molecule has 0 aromatic carbocycles. The van der Waals surface area contributed by atoms with Crippen molar-refractivity contribution >= 4 is 11.8 Å². The zero-order valence-electron chi connectivity index (χ0n) is 12.5. The van der Waals surface area contributed by atoms with Gasteiger partial charge >= 0.3 is 0 Å². The van der Waals surface area contributed by atoms with Crippen molar-refractivity contribution in [2.75, 3.05) is 33.2 Å². The highest BCUT2D eigenvalue weighted by Gasteiger charge is 2.29. The molecule has 5 heteroatoms. The molecule has 20 heavy (non-hydrogen) atoms. The summed E-state index contributed by atoms with van der Waals surface area (Å²) in [6.07, 6.45) is 6.10. The maximum Gasteiger partial charge on any atom is 0.242 e. The van der Waals surface area contributed by atoms with Gasteiger partial charge in [0.2, 0.25) is 11.8 Å². The van der Waals surface area contributed by atoms with E-state index >= 15 is 0 Å². The monoisotopic (exact) mass is 281 g/mol. The Morgan fingerprint density at radius 3 is 2.30 bits per heavy atom. The lowest BCUT2D eigenvalue weighted by Crippen LogP contribution is -2.42. The molecule has 2 fully saturated rings. The maximum atomic E-state index is 12.4. The first-order chi connectivity index (χ1) is 9.61. The molecular weight excluding hydrogens is 254 g/mol. The molecule has 1 saturated carbocycles. The number of amides is 2. The Balaban J connectivity index is 1.78. The van der Waals surface area contributed by atoms with Crippen LogP contribution in [0.4, 0.5) is 0 Å². The van der Waals surface area contributed by atoms with Gasteiger partial charge in [0, 0.05) is 26.1 Å². The molecule has 2 rings (SSSR count). The van der Waals surface area contributed by atoms with Gasteiger partial charge in [-0.3, -0.25) is 9.59 Å². The van der Waals surface area contributed by atoms with E-state index in [9.17, 15) is 9.59 Å². The van der Waals surface area contributed by atoms with Crippen LogP contribution in [0.1, 0.15) is 38.5 Å². The van der Waals surface area contributed by atoms with E-state index in [0.717, 1.165) is 58.2 Å². The normalized spacial score (nSPS) is 26.6. The lowest BCUT2D eigenvalue weighted by atomic mass is 9.81. The van der Waals surface area contributed by atoms with Crippen molar-refractivity contribution < 1.29 is 9.59 Å². The van der Waals surface area contributed by atoms with Crippen molar-refractivity contribution in [3.63, 3.8) is 0 Å². The van der Waals surface area contributed by atoms with Crippen molar-refractivity contribution in [3.05, 3.63) is 0 Å². The molecule has 0 aromatic rings. The predicted molar refractivity (Wildman–Crippen MR) is 78.0 cm³/mol. The second kappa shape index (κ2) is 7.07. The first-order valence-corrected chi connectivity index (χ1v) is 7.84. The molecule has 5 nitrogen and oxygen atoms in total. The van der Waals surface area contributed by atoms with Crippen LogP contribution in [0.5, 0.6) is 0 Å². The molecule has 0 unspecified atom stereocenters. The van der Waals surface area contributed by atoms with Crippen LogP contribution in [0.15, 0.2) is 0 Å². The Hall–Kier alpha value is -1.10. The molecule has 0 bridgehead atoms. The van der Waals surface area contributed by atoms with Crippen molar-refractivity contribution in [2.45, 2.75) is 38.5 Å². The van der Waals surface area contributed by atoms with E-state index in [4.69, 9.17) is 5.73 Å². The zero-order valence-corrected chi connectivity index (χ0v) is 12.5. The molecule has 114 valence electrons. The molecule has 1 aliphatic carbocycles. The second-order valence-corrected chi connectivity index (χ2v) is 6.24. The quantitative estimate of drug-likeness (QED) is 0.830. The van der Waals surface area contributed by atoms with Crippen molar-refractivity contribution in [1.29, 1.82) is 0 Å². The van der Waals surface area contributed by atoms with Crippen molar-refractivity contribution in [1.82, 2.24) is 9.80 Å². The summed E-state index contributed by atoms with van der Waals surface area (Å²) in [5, 5.41) is 0. The molecule has 0 radical (unpaired) electrons. The molecule has 0 spiro atoms. The third-order valence-corrected chi connectivity index (χ3v) is 4.74. The average molecular weight is 281 g/mol. The number of hydrogen-bond donors (Lipinski definition) is 1. The van der Waals surface area contributed by atoms with Crippen molar-refractivity contribution in [3.8, 4) is 0 Å². The van der Waals surface area contributed by atoms with E-state index in [-0.39, 0.29) is 24.3 Å². The Morgan fingerprint density at radius 2 is 1.75 bits per heavy atom. The maximum absolute atomic E-state index is 12.4. The number of nitrogens with zero attached hydrogens (tertiary/aromatic N) is 2. The molecule has 1 heterocycles. The third-order valence-electron chi connectivity index (χ3n) is 4.74. The Morgan fingerprint density at radius 1 is 1.15 bits per heavy atom. The van der Waals surface area contributed by atoms with E-state index in [0.29, 0.717) is 5.92 Å². The van der Waals surface area contributed by atoms with Gasteiger partial charge in [-0.15, -0.1) is 0 Å². The standard InChI is InChI=1S/C15H27N3O2/c1-17(11-14(19)18-8-2-3-9-18)15(20)13-6-4-12(10-16)5-7-13/h12-13H,2-11,16H2,1H3. The molecule has 2 aliphatic rings. The zero-order chi connectivity index (χ0) is 14.5. The lowest BCUT2D eigenvalue weighted by molar-refractivity contribution is -0.142.